The fourth-order valence-electron chi connectivity index (χ4n) is 2.37. The van der Waals surface area contributed by atoms with E-state index in [9.17, 15) is 14.7 Å². The van der Waals surface area contributed by atoms with Gasteiger partial charge >= 0.3 is 5.97 Å². The molecule has 2 rings (SSSR count). The molecule has 1 fully saturated rings. The minimum atomic E-state index is -0.828. The lowest BCUT2D eigenvalue weighted by Crippen LogP contribution is -2.35. The Morgan fingerprint density at radius 3 is 2.83 bits per heavy atom. The first kappa shape index (κ1) is 13.5. The van der Waals surface area contributed by atoms with E-state index in [1.807, 2.05) is 12.1 Å². The molecule has 1 saturated heterocycles. The van der Waals surface area contributed by atoms with Gasteiger partial charge < -0.3 is 10.0 Å². The topological polar surface area (TPSA) is 57.6 Å². The lowest BCUT2D eigenvalue weighted by Gasteiger charge is -2.29. The molecule has 18 heavy (non-hydrogen) atoms. The fourth-order valence-corrected chi connectivity index (χ4v) is 4.00. The van der Waals surface area contributed by atoms with E-state index in [2.05, 4.69) is 15.9 Å². The van der Waals surface area contributed by atoms with E-state index in [1.165, 1.54) is 11.3 Å². The Balaban J connectivity index is 2.40. The lowest BCUT2D eigenvalue weighted by atomic mass is 9.94. The molecule has 1 amide bonds. The third-order valence-corrected chi connectivity index (χ3v) is 4.99. The first-order valence-corrected chi connectivity index (χ1v) is 7.35. The molecule has 0 radical (unpaired) electrons. The summed E-state index contributed by atoms with van der Waals surface area (Å²) in [5.41, 5.74) is 0. The molecule has 2 heterocycles. The smallest absolute Gasteiger partial charge is 0.308 e. The van der Waals surface area contributed by atoms with Gasteiger partial charge in [-0.3, -0.25) is 9.59 Å². The highest BCUT2D eigenvalue weighted by Crippen LogP contribution is 2.39. The van der Waals surface area contributed by atoms with Crippen LogP contribution in [0.4, 0.5) is 0 Å². The molecule has 1 N–H and O–H groups in total. The van der Waals surface area contributed by atoms with E-state index in [4.69, 9.17) is 0 Å². The van der Waals surface area contributed by atoms with Crippen molar-refractivity contribution in [1.82, 2.24) is 4.90 Å². The average Bonchev–Trinajstić information content (AvgIpc) is 2.66. The van der Waals surface area contributed by atoms with Crippen molar-refractivity contribution in [1.29, 1.82) is 0 Å². The number of carbonyl (C=O) groups is 2. The molecule has 1 aliphatic heterocycles. The number of carboxylic acid groups (broad SMARTS) is 1. The number of hydrogen-bond acceptors (Lipinski definition) is 3. The third-order valence-electron chi connectivity index (χ3n) is 3.30. The van der Waals surface area contributed by atoms with Crippen molar-refractivity contribution in [2.24, 2.45) is 5.92 Å². The Morgan fingerprint density at radius 2 is 2.28 bits per heavy atom. The number of nitrogens with zero attached hydrogens (tertiary/aromatic N) is 1. The van der Waals surface area contributed by atoms with Crippen LogP contribution < -0.4 is 0 Å². The highest BCUT2D eigenvalue weighted by atomic mass is 79.9. The summed E-state index contributed by atoms with van der Waals surface area (Å²) in [4.78, 5) is 25.8. The van der Waals surface area contributed by atoms with Gasteiger partial charge in [-0.2, -0.15) is 0 Å². The van der Waals surface area contributed by atoms with Gasteiger partial charge in [0.05, 0.1) is 15.7 Å². The molecule has 1 aliphatic rings. The van der Waals surface area contributed by atoms with Gasteiger partial charge in [0, 0.05) is 18.3 Å². The molecule has 4 nitrogen and oxygen atoms in total. The van der Waals surface area contributed by atoms with Gasteiger partial charge in [-0.05, 0) is 40.9 Å². The Bertz CT molecular complexity index is 474. The van der Waals surface area contributed by atoms with Gasteiger partial charge in [0.1, 0.15) is 0 Å². The molecular formula is C12H14BrNO3S. The van der Waals surface area contributed by atoms with Crippen LogP contribution in [0.25, 0.3) is 0 Å². The molecule has 0 bridgehead atoms. The van der Waals surface area contributed by atoms with E-state index >= 15 is 0 Å². The first-order valence-electron chi connectivity index (χ1n) is 5.74. The maximum atomic E-state index is 11.9. The van der Waals surface area contributed by atoms with Crippen molar-refractivity contribution in [3.63, 3.8) is 0 Å². The number of carbonyl (C=O) groups excluding carboxylic acids is 1. The van der Waals surface area contributed by atoms with Crippen LogP contribution in [-0.4, -0.2) is 28.9 Å². The second-order valence-corrected chi connectivity index (χ2v) is 6.92. The molecule has 2 atom stereocenters. The largest absolute Gasteiger partial charge is 0.481 e. The quantitative estimate of drug-likeness (QED) is 0.906. The predicted molar refractivity (Wildman–Crippen MR) is 72.5 cm³/mol. The number of hydrogen-bond donors (Lipinski definition) is 1. The van der Waals surface area contributed by atoms with Crippen molar-refractivity contribution in [2.75, 3.05) is 7.05 Å². The van der Waals surface area contributed by atoms with Gasteiger partial charge in [0.25, 0.3) is 0 Å². The molecule has 98 valence electrons. The second kappa shape index (κ2) is 5.40. The average molecular weight is 332 g/mol. The summed E-state index contributed by atoms with van der Waals surface area (Å²) in [6, 6.07) is 3.43. The Morgan fingerprint density at radius 1 is 1.56 bits per heavy atom. The van der Waals surface area contributed by atoms with Crippen LogP contribution in [0, 0.1) is 5.92 Å². The maximum absolute atomic E-state index is 11.9. The van der Waals surface area contributed by atoms with Gasteiger partial charge in [-0.1, -0.05) is 0 Å². The molecule has 0 saturated carbocycles. The number of amides is 1. The zero-order valence-corrected chi connectivity index (χ0v) is 12.3. The molecule has 0 spiro atoms. The van der Waals surface area contributed by atoms with Crippen molar-refractivity contribution in [3.05, 3.63) is 20.8 Å². The Hall–Kier alpha value is -0.880. The number of rotatable bonds is 2. The summed E-state index contributed by atoms with van der Waals surface area (Å²) in [6.45, 7) is 0. The molecule has 0 aromatic carbocycles. The minimum absolute atomic E-state index is 0.0215. The normalized spacial score (nSPS) is 25.0. The zero-order valence-electron chi connectivity index (χ0n) is 9.93. The Kier molecular flexibility index (Phi) is 4.07. The van der Waals surface area contributed by atoms with Crippen molar-refractivity contribution in [2.45, 2.75) is 25.3 Å². The molecule has 0 aliphatic carbocycles. The number of aliphatic carboxylic acids is 1. The molecule has 1 aromatic rings. The van der Waals surface area contributed by atoms with Gasteiger partial charge in [-0.15, -0.1) is 11.3 Å². The summed E-state index contributed by atoms with van der Waals surface area (Å²) >= 11 is 4.87. The number of halogens is 1. The lowest BCUT2D eigenvalue weighted by molar-refractivity contribution is -0.145. The maximum Gasteiger partial charge on any atom is 0.308 e. The van der Waals surface area contributed by atoms with Crippen molar-refractivity contribution < 1.29 is 14.7 Å². The first-order chi connectivity index (χ1) is 8.50. The monoisotopic (exact) mass is 331 g/mol. The second-order valence-electron chi connectivity index (χ2n) is 4.43. The standard InChI is InChI=1S/C12H14BrNO3S/c1-14-10(15)4-2-3-7(12(16)17)11(14)8-5-6-9(13)18-8/h5-7,11H,2-4H2,1H3,(H,16,17). The molecule has 1 aromatic heterocycles. The van der Waals surface area contributed by atoms with Gasteiger partial charge in [0.15, 0.2) is 0 Å². The zero-order chi connectivity index (χ0) is 13.3. The van der Waals surface area contributed by atoms with Crippen LogP contribution in [-0.2, 0) is 9.59 Å². The van der Waals surface area contributed by atoms with Crippen molar-refractivity contribution >= 4 is 39.1 Å². The summed E-state index contributed by atoms with van der Waals surface area (Å²) in [5.74, 6) is -1.33. The van der Waals surface area contributed by atoms with Gasteiger partial charge in [0.2, 0.25) is 5.91 Å². The van der Waals surface area contributed by atoms with Crippen molar-refractivity contribution in [3.8, 4) is 0 Å². The van der Waals surface area contributed by atoms with E-state index < -0.39 is 11.9 Å². The van der Waals surface area contributed by atoms with Crippen LogP contribution in [0.15, 0.2) is 15.9 Å². The molecule has 2 unspecified atom stereocenters. The Labute approximate surface area is 118 Å². The van der Waals surface area contributed by atoms with E-state index in [0.29, 0.717) is 19.3 Å². The van der Waals surface area contributed by atoms with Crippen LogP contribution in [0.3, 0.4) is 0 Å². The summed E-state index contributed by atoms with van der Waals surface area (Å²) in [7, 11) is 1.70. The summed E-state index contributed by atoms with van der Waals surface area (Å²) in [5, 5.41) is 9.36. The van der Waals surface area contributed by atoms with Gasteiger partial charge in [-0.25, -0.2) is 0 Å². The molecular weight excluding hydrogens is 318 g/mol. The number of thiophene rings is 1. The highest BCUT2D eigenvalue weighted by Gasteiger charge is 2.37. The summed E-state index contributed by atoms with van der Waals surface area (Å²) < 4.78 is 0.951. The predicted octanol–water partition coefficient (Wildman–Crippen LogP) is 2.89. The van der Waals surface area contributed by atoms with E-state index in [1.54, 1.807) is 11.9 Å². The minimum Gasteiger partial charge on any atom is -0.481 e. The third kappa shape index (κ3) is 2.59. The molecule has 6 heteroatoms. The summed E-state index contributed by atoms with van der Waals surface area (Å²) in [6.07, 6.45) is 1.62. The van der Waals surface area contributed by atoms with E-state index in [-0.39, 0.29) is 11.9 Å². The van der Waals surface area contributed by atoms with Crippen LogP contribution in [0.5, 0.6) is 0 Å². The van der Waals surface area contributed by atoms with E-state index in [0.717, 1.165) is 8.66 Å². The number of likely N-dealkylation sites (tertiary alicyclic amines) is 1. The van der Waals surface area contributed by atoms with Crippen LogP contribution >= 0.6 is 27.3 Å². The highest BCUT2D eigenvalue weighted by molar-refractivity contribution is 9.11. The SMILES string of the molecule is CN1C(=O)CCCC(C(=O)O)C1c1ccc(Br)s1. The number of carboxylic acids is 1. The van der Waals surface area contributed by atoms with Crippen LogP contribution in [0.1, 0.15) is 30.2 Å². The van der Waals surface area contributed by atoms with Crippen LogP contribution in [0.2, 0.25) is 0 Å². The fraction of sp³-hybridized carbons (Fsp3) is 0.500.